The van der Waals surface area contributed by atoms with E-state index in [2.05, 4.69) is 15.2 Å². The van der Waals surface area contributed by atoms with E-state index in [-0.39, 0.29) is 5.56 Å². The van der Waals surface area contributed by atoms with Crippen molar-refractivity contribution in [1.82, 2.24) is 15.2 Å². The summed E-state index contributed by atoms with van der Waals surface area (Å²) < 4.78 is 0. The van der Waals surface area contributed by atoms with Gasteiger partial charge in [-0.15, -0.1) is 0 Å². The second-order valence-corrected chi connectivity index (χ2v) is 3.65. The van der Waals surface area contributed by atoms with Gasteiger partial charge in [0.05, 0.1) is 12.4 Å². The van der Waals surface area contributed by atoms with Gasteiger partial charge < -0.3 is 4.98 Å². The lowest BCUT2D eigenvalue weighted by molar-refractivity contribution is 0.996. The minimum absolute atomic E-state index is 0.0554. The molecule has 0 saturated carbocycles. The van der Waals surface area contributed by atoms with E-state index in [1.54, 1.807) is 18.5 Å². The van der Waals surface area contributed by atoms with Crippen molar-refractivity contribution in [2.75, 3.05) is 0 Å². The van der Waals surface area contributed by atoms with Crippen LogP contribution in [0.5, 0.6) is 0 Å². The number of nitrogens with one attached hydrogen (secondary N) is 1. The summed E-state index contributed by atoms with van der Waals surface area (Å²) in [6.07, 6.45) is 4.15. The normalized spacial score (nSPS) is 10.4. The SMILES string of the molecule is CCc1[nH]c(=O)cc(C)c1-c1ccnnc1. The number of aryl methyl sites for hydroxylation is 2. The third-order valence-electron chi connectivity index (χ3n) is 2.54. The van der Waals surface area contributed by atoms with Gasteiger partial charge in [-0.1, -0.05) is 6.92 Å². The first-order chi connectivity index (χ1) is 7.72. The molecule has 2 aromatic heterocycles. The number of aromatic nitrogens is 3. The zero-order valence-corrected chi connectivity index (χ0v) is 9.32. The highest BCUT2D eigenvalue weighted by Gasteiger charge is 2.08. The Morgan fingerprint density at radius 1 is 1.38 bits per heavy atom. The molecule has 16 heavy (non-hydrogen) atoms. The average molecular weight is 215 g/mol. The molecule has 4 nitrogen and oxygen atoms in total. The van der Waals surface area contributed by atoms with Crippen LogP contribution in [0.3, 0.4) is 0 Å². The molecule has 0 aromatic carbocycles. The molecule has 1 N–H and O–H groups in total. The van der Waals surface area contributed by atoms with E-state index in [0.29, 0.717) is 0 Å². The first-order valence-electron chi connectivity index (χ1n) is 5.22. The lowest BCUT2D eigenvalue weighted by atomic mass is 10.00. The molecule has 0 bridgehead atoms. The standard InChI is InChI=1S/C12H13N3O/c1-3-10-12(8(2)6-11(16)15-10)9-4-5-13-14-7-9/h4-7H,3H2,1-2H3,(H,15,16). The maximum atomic E-state index is 11.4. The predicted octanol–water partition coefficient (Wildman–Crippen LogP) is 1.70. The Hall–Kier alpha value is -1.97. The average Bonchev–Trinajstić information content (AvgIpc) is 2.29. The molecule has 0 radical (unpaired) electrons. The molecule has 82 valence electrons. The Balaban J connectivity index is 2.69. The smallest absolute Gasteiger partial charge is 0.248 e. The Morgan fingerprint density at radius 2 is 2.19 bits per heavy atom. The Morgan fingerprint density at radius 3 is 2.81 bits per heavy atom. The van der Waals surface area contributed by atoms with Gasteiger partial charge in [-0.3, -0.25) is 4.79 Å². The van der Waals surface area contributed by atoms with E-state index in [0.717, 1.165) is 28.8 Å². The highest BCUT2D eigenvalue weighted by Crippen LogP contribution is 2.24. The summed E-state index contributed by atoms with van der Waals surface area (Å²) in [5, 5.41) is 7.61. The Kier molecular flexibility index (Phi) is 2.81. The van der Waals surface area contributed by atoms with Gasteiger partial charge in [0, 0.05) is 22.9 Å². The molecule has 4 heteroatoms. The summed E-state index contributed by atoms with van der Waals surface area (Å²) in [6, 6.07) is 3.50. The topological polar surface area (TPSA) is 58.6 Å². The summed E-state index contributed by atoms with van der Waals surface area (Å²) in [5.41, 5.74) is 3.89. The van der Waals surface area contributed by atoms with Crippen molar-refractivity contribution >= 4 is 0 Å². The highest BCUT2D eigenvalue weighted by molar-refractivity contribution is 5.68. The lowest BCUT2D eigenvalue weighted by Crippen LogP contribution is -2.10. The van der Waals surface area contributed by atoms with Crippen LogP contribution >= 0.6 is 0 Å². The number of hydrogen-bond donors (Lipinski definition) is 1. The number of rotatable bonds is 2. The van der Waals surface area contributed by atoms with Crippen molar-refractivity contribution in [2.45, 2.75) is 20.3 Å². The second-order valence-electron chi connectivity index (χ2n) is 3.65. The van der Waals surface area contributed by atoms with Crippen LogP contribution in [0.1, 0.15) is 18.2 Å². The zero-order chi connectivity index (χ0) is 11.5. The van der Waals surface area contributed by atoms with Crippen molar-refractivity contribution in [2.24, 2.45) is 0 Å². The number of H-pyrrole nitrogens is 1. The van der Waals surface area contributed by atoms with Gasteiger partial charge in [0.25, 0.3) is 0 Å². The molecule has 2 heterocycles. The van der Waals surface area contributed by atoms with Crippen LogP contribution in [-0.4, -0.2) is 15.2 Å². The summed E-state index contributed by atoms with van der Waals surface area (Å²) >= 11 is 0. The molecule has 0 aliphatic heterocycles. The van der Waals surface area contributed by atoms with Crippen LogP contribution in [-0.2, 0) is 6.42 Å². The van der Waals surface area contributed by atoms with E-state index in [9.17, 15) is 4.79 Å². The van der Waals surface area contributed by atoms with Crippen molar-refractivity contribution in [3.8, 4) is 11.1 Å². The highest BCUT2D eigenvalue weighted by atomic mass is 16.1. The van der Waals surface area contributed by atoms with Gasteiger partial charge in [-0.05, 0) is 25.0 Å². The summed E-state index contributed by atoms with van der Waals surface area (Å²) in [7, 11) is 0. The molecular weight excluding hydrogens is 202 g/mol. The fraction of sp³-hybridized carbons (Fsp3) is 0.250. The molecular formula is C12H13N3O. The summed E-state index contributed by atoms with van der Waals surface area (Å²) in [6.45, 7) is 3.95. The van der Waals surface area contributed by atoms with Crippen LogP contribution < -0.4 is 5.56 Å². The molecule has 2 aromatic rings. The predicted molar refractivity (Wildman–Crippen MR) is 62.2 cm³/mol. The minimum atomic E-state index is -0.0554. The van der Waals surface area contributed by atoms with Gasteiger partial charge >= 0.3 is 0 Å². The molecule has 0 unspecified atom stereocenters. The molecule has 0 fully saturated rings. The van der Waals surface area contributed by atoms with Crippen LogP contribution in [0.15, 0.2) is 29.3 Å². The number of hydrogen-bond acceptors (Lipinski definition) is 3. The summed E-state index contributed by atoms with van der Waals surface area (Å²) in [4.78, 5) is 14.2. The molecule has 0 aliphatic carbocycles. The number of nitrogens with zero attached hydrogens (tertiary/aromatic N) is 2. The van der Waals surface area contributed by atoms with Crippen LogP contribution in [0, 0.1) is 6.92 Å². The maximum absolute atomic E-state index is 11.4. The summed E-state index contributed by atoms with van der Waals surface area (Å²) in [5.74, 6) is 0. The van der Waals surface area contributed by atoms with E-state index in [4.69, 9.17) is 0 Å². The largest absolute Gasteiger partial charge is 0.326 e. The van der Waals surface area contributed by atoms with Crippen LogP contribution in [0.4, 0.5) is 0 Å². The Bertz CT molecular complexity index is 546. The van der Waals surface area contributed by atoms with Crippen molar-refractivity contribution in [3.63, 3.8) is 0 Å². The first-order valence-corrected chi connectivity index (χ1v) is 5.22. The molecule has 0 atom stereocenters. The van der Waals surface area contributed by atoms with Crippen LogP contribution in [0.2, 0.25) is 0 Å². The third-order valence-corrected chi connectivity index (χ3v) is 2.54. The quantitative estimate of drug-likeness (QED) is 0.829. The minimum Gasteiger partial charge on any atom is -0.326 e. The molecule has 0 spiro atoms. The zero-order valence-electron chi connectivity index (χ0n) is 9.32. The lowest BCUT2D eigenvalue weighted by Gasteiger charge is -2.10. The van der Waals surface area contributed by atoms with Gasteiger partial charge in [-0.25, -0.2) is 0 Å². The van der Waals surface area contributed by atoms with E-state index >= 15 is 0 Å². The monoisotopic (exact) mass is 215 g/mol. The molecule has 0 amide bonds. The fourth-order valence-corrected chi connectivity index (χ4v) is 1.86. The van der Waals surface area contributed by atoms with E-state index in [1.807, 2.05) is 19.9 Å². The van der Waals surface area contributed by atoms with Crippen LogP contribution in [0.25, 0.3) is 11.1 Å². The van der Waals surface area contributed by atoms with Crippen molar-refractivity contribution in [3.05, 3.63) is 46.1 Å². The van der Waals surface area contributed by atoms with E-state index in [1.165, 1.54) is 0 Å². The van der Waals surface area contributed by atoms with Gasteiger partial charge in [0.1, 0.15) is 0 Å². The van der Waals surface area contributed by atoms with E-state index < -0.39 is 0 Å². The number of aromatic amines is 1. The maximum Gasteiger partial charge on any atom is 0.248 e. The molecule has 0 saturated heterocycles. The number of pyridine rings is 1. The van der Waals surface area contributed by atoms with Gasteiger partial charge in [0.2, 0.25) is 5.56 Å². The molecule has 2 rings (SSSR count). The fourth-order valence-electron chi connectivity index (χ4n) is 1.86. The Labute approximate surface area is 93.4 Å². The van der Waals surface area contributed by atoms with Crippen molar-refractivity contribution < 1.29 is 0 Å². The second kappa shape index (κ2) is 4.26. The molecule has 0 aliphatic rings. The van der Waals surface area contributed by atoms with Gasteiger partial charge in [-0.2, -0.15) is 10.2 Å². The van der Waals surface area contributed by atoms with Crippen molar-refractivity contribution in [1.29, 1.82) is 0 Å². The first kappa shape index (κ1) is 10.5. The van der Waals surface area contributed by atoms with Gasteiger partial charge in [0.15, 0.2) is 0 Å². The third kappa shape index (κ3) is 1.86.